The summed E-state index contributed by atoms with van der Waals surface area (Å²) in [7, 11) is 0. The van der Waals surface area contributed by atoms with Crippen LogP contribution in [-0.2, 0) is 24.3 Å². The van der Waals surface area contributed by atoms with Gasteiger partial charge in [-0.25, -0.2) is 9.67 Å². The topological polar surface area (TPSA) is 85.9 Å². The van der Waals surface area contributed by atoms with Crippen molar-refractivity contribution in [1.82, 2.24) is 29.4 Å². The van der Waals surface area contributed by atoms with Gasteiger partial charge in [-0.2, -0.15) is 0 Å². The normalized spacial score (nSPS) is 14.2. The lowest BCUT2D eigenvalue weighted by Gasteiger charge is -2.19. The smallest absolute Gasteiger partial charge is 0.261 e. The Balaban J connectivity index is 1.39. The third kappa shape index (κ3) is 2.74. The van der Waals surface area contributed by atoms with Gasteiger partial charge >= 0.3 is 0 Å². The standard InChI is InChI=1S/C20H18N6O2/c27-19(13-26-17-8-4-3-7-16(17)22-23-26)24-10-9-18-21-15-6-2-1-5-14(15)20(28)25(18)12-11-24/h1-8H,9-13H2. The molecule has 8 nitrogen and oxygen atoms in total. The van der Waals surface area contributed by atoms with E-state index in [1.54, 1.807) is 20.2 Å². The molecular weight excluding hydrogens is 356 g/mol. The van der Waals surface area contributed by atoms with Crippen LogP contribution in [0.15, 0.2) is 53.3 Å². The van der Waals surface area contributed by atoms with Gasteiger partial charge in [0.15, 0.2) is 0 Å². The number of hydrogen-bond donors (Lipinski definition) is 0. The molecule has 8 heteroatoms. The van der Waals surface area contributed by atoms with Gasteiger partial charge in [0.1, 0.15) is 17.9 Å². The molecule has 1 aliphatic rings. The summed E-state index contributed by atoms with van der Waals surface area (Å²) in [5, 5.41) is 8.80. The highest BCUT2D eigenvalue weighted by molar-refractivity contribution is 5.80. The number of fused-ring (bicyclic) bond motifs is 3. The molecule has 28 heavy (non-hydrogen) atoms. The van der Waals surface area contributed by atoms with Crippen LogP contribution in [0.4, 0.5) is 0 Å². The molecule has 0 bridgehead atoms. The second-order valence-electron chi connectivity index (χ2n) is 6.87. The molecule has 140 valence electrons. The van der Waals surface area contributed by atoms with Gasteiger partial charge in [0.05, 0.1) is 16.4 Å². The zero-order chi connectivity index (χ0) is 19.1. The van der Waals surface area contributed by atoms with E-state index in [1.165, 1.54) is 0 Å². The molecule has 3 heterocycles. The highest BCUT2D eigenvalue weighted by atomic mass is 16.2. The average molecular weight is 374 g/mol. The molecule has 5 rings (SSSR count). The second-order valence-corrected chi connectivity index (χ2v) is 6.87. The Kier molecular flexibility index (Phi) is 3.89. The molecule has 0 saturated carbocycles. The Morgan fingerprint density at radius 1 is 0.964 bits per heavy atom. The number of aromatic nitrogens is 5. The zero-order valence-corrected chi connectivity index (χ0v) is 15.2. The fraction of sp³-hybridized carbons (Fsp3) is 0.250. The molecule has 0 N–H and O–H groups in total. The molecule has 0 fully saturated rings. The molecule has 0 unspecified atom stereocenters. The van der Waals surface area contributed by atoms with E-state index in [0.29, 0.717) is 37.0 Å². The lowest BCUT2D eigenvalue weighted by atomic mass is 10.2. The molecule has 1 amide bonds. The summed E-state index contributed by atoms with van der Waals surface area (Å²) in [6.07, 6.45) is 0.546. The van der Waals surface area contributed by atoms with Crippen molar-refractivity contribution in [2.75, 3.05) is 13.1 Å². The van der Waals surface area contributed by atoms with Crippen molar-refractivity contribution >= 4 is 27.8 Å². The predicted molar refractivity (Wildman–Crippen MR) is 104 cm³/mol. The minimum atomic E-state index is -0.0443. The van der Waals surface area contributed by atoms with Gasteiger partial charge in [0.2, 0.25) is 5.91 Å². The first kappa shape index (κ1) is 16.6. The fourth-order valence-electron chi connectivity index (χ4n) is 3.71. The Bertz CT molecular complexity index is 1260. The number of benzene rings is 2. The van der Waals surface area contributed by atoms with Crippen LogP contribution in [-0.4, -0.2) is 48.4 Å². The number of hydrogen-bond acceptors (Lipinski definition) is 5. The summed E-state index contributed by atoms with van der Waals surface area (Å²) in [6.45, 7) is 1.56. The molecule has 0 spiro atoms. The SMILES string of the molecule is O=C(Cn1nnc2ccccc21)N1CCc2nc3ccccc3c(=O)n2CC1. The van der Waals surface area contributed by atoms with Crippen molar-refractivity contribution in [3.8, 4) is 0 Å². The maximum absolute atomic E-state index is 12.9. The van der Waals surface area contributed by atoms with E-state index < -0.39 is 0 Å². The van der Waals surface area contributed by atoms with Crippen molar-refractivity contribution in [1.29, 1.82) is 0 Å². The van der Waals surface area contributed by atoms with Crippen molar-refractivity contribution in [3.63, 3.8) is 0 Å². The van der Waals surface area contributed by atoms with Gasteiger partial charge in [0.25, 0.3) is 5.56 Å². The van der Waals surface area contributed by atoms with E-state index >= 15 is 0 Å². The van der Waals surface area contributed by atoms with Crippen LogP contribution < -0.4 is 5.56 Å². The lowest BCUT2D eigenvalue weighted by Crippen LogP contribution is -2.36. The fourth-order valence-corrected chi connectivity index (χ4v) is 3.71. The first-order valence-electron chi connectivity index (χ1n) is 9.25. The van der Waals surface area contributed by atoms with Gasteiger partial charge in [-0.05, 0) is 24.3 Å². The molecular formula is C20H18N6O2. The second kappa shape index (κ2) is 6.56. The van der Waals surface area contributed by atoms with E-state index in [4.69, 9.17) is 0 Å². The number of rotatable bonds is 2. The Hall–Kier alpha value is -3.55. The Morgan fingerprint density at radius 3 is 2.64 bits per heavy atom. The van der Waals surface area contributed by atoms with E-state index in [9.17, 15) is 9.59 Å². The van der Waals surface area contributed by atoms with Crippen LogP contribution in [0.3, 0.4) is 0 Å². The van der Waals surface area contributed by atoms with Crippen LogP contribution in [0.2, 0.25) is 0 Å². The van der Waals surface area contributed by atoms with E-state index in [-0.39, 0.29) is 18.0 Å². The van der Waals surface area contributed by atoms with E-state index in [0.717, 1.165) is 16.9 Å². The Morgan fingerprint density at radius 2 is 1.75 bits per heavy atom. The minimum Gasteiger partial charge on any atom is -0.339 e. The molecule has 4 aromatic rings. The number of amides is 1. The average Bonchev–Trinajstić information content (AvgIpc) is 2.99. The third-order valence-corrected chi connectivity index (χ3v) is 5.20. The number of carbonyl (C=O) groups excluding carboxylic acids is 1. The monoisotopic (exact) mass is 374 g/mol. The van der Waals surface area contributed by atoms with Crippen molar-refractivity contribution < 1.29 is 4.79 Å². The maximum Gasteiger partial charge on any atom is 0.261 e. The quantitative estimate of drug-likeness (QED) is 0.527. The summed E-state index contributed by atoms with van der Waals surface area (Å²) in [5.74, 6) is 0.686. The maximum atomic E-state index is 12.9. The van der Waals surface area contributed by atoms with Gasteiger partial charge in [0, 0.05) is 26.1 Å². The first-order chi connectivity index (χ1) is 13.7. The van der Waals surface area contributed by atoms with E-state index in [2.05, 4.69) is 15.3 Å². The van der Waals surface area contributed by atoms with E-state index in [1.807, 2.05) is 42.5 Å². The molecule has 0 aliphatic carbocycles. The highest BCUT2D eigenvalue weighted by Crippen LogP contribution is 2.13. The van der Waals surface area contributed by atoms with Crippen LogP contribution >= 0.6 is 0 Å². The van der Waals surface area contributed by atoms with Gasteiger partial charge in [-0.15, -0.1) is 5.10 Å². The molecule has 2 aromatic carbocycles. The molecule has 0 radical (unpaired) electrons. The van der Waals surface area contributed by atoms with Crippen LogP contribution in [0.1, 0.15) is 5.82 Å². The van der Waals surface area contributed by atoms with Crippen molar-refractivity contribution in [2.45, 2.75) is 19.5 Å². The van der Waals surface area contributed by atoms with Gasteiger partial charge in [-0.3, -0.25) is 14.2 Å². The summed E-state index contributed by atoms with van der Waals surface area (Å²) >= 11 is 0. The Labute approximate surface area is 160 Å². The largest absolute Gasteiger partial charge is 0.339 e. The number of carbonyl (C=O) groups is 1. The first-order valence-corrected chi connectivity index (χ1v) is 9.25. The van der Waals surface area contributed by atoms with Gasteiger partial charge in [-0.1, -0.05) is 29.5 Å². The molecule has 0 atom stereocenters. The molecule has 2 aromatic heterocycles. The van der Waals surface area contributed by atoms with Crippen LogP contribution in [0, 0.1) is 0 Å². The highest BCUT2D eigenvalue weighted by Gasteiger charge is 2.21. The summed E-state index contributed by atoms with van der Waals surface area (Å²) < 4.78 is 3.31. The summed E-state index contributed by atoms with van der Waals surface area (Å²) in [4.78, 5) is 32.1. The summed E-state index contributed by atoms with van der Waals surface area (Å²) in [5.41, 5.74) is 2.25. The van der Waals surface area contributed by atoms with Crippen LogP contribution in [0.5, 0.6) is 0 Å². The van der Waals surface area contributed by atoms with Crippen molar-refractivity contribution in [2.24, 2.45) is 0 Å². The van der Waals surface area contributed by atoms with Crippen LogP contribution in [0.25, 0.3) is 21.9 Å². The number of nitrogens with zero attached hydrogens (tertiary/aromatic N) is 6. The van der Waals surface area contributed by atoms with Crippen molar-refractivity contribution in [3.05, 3.63) is 64.7 Å². The molecule has 0 saturated heterocycles. The summed E-state index contributed by atoms with van der Waals surface area (Å²) in [6, 6.07) is 14.9. The lowest BCUT2D eigenvalue weighted by molar-refractivity contribution is -0.132. The third-order valence-electron chi connectivity index (χ3n) is 5.20. The predicted octanol–water partition coefficient (Wildman–Crippen LogP) is 1.23. The minimum absolute atomic E-state index is 0.0407. The zero-order valence-electron chi connectivity index (χ0n) is 15.2. The molecule has 1 aliphatic heterocycles. The van der Waals surface area contributed by atoms with Gasteiger partial charge < -0.3 is 4.90 Å². The number of para-hydroxylation sites is 2.